The van der Waals surface area contributed by atoms with Gasteiger partial charge >= 0.3 is 6.03 Å². The van der Waals surface area contributed by atoms with E-state index in [2.05, 4.69) is 10.2 Å². The molecular formula is C15H24N4O3. The molecule has 3 saturated heterocycles. The van der Waals surface area contributed by atoms with E-state index in [0.29, 0.717) is 13.1 Å². The first kappa shape index (κ1) is 15.3. The Balaban J connectivity index is 1.64. The van der Waals surface area contributed by atoms with Crippen molar-refractivity contribution in [3.8, 4) is 0 Å². The highest BCUT2D eigenvalue weighted by Gasteiger charge is 2.40. The van der Waals surface area contributed by atoms with Crippen LogP contribution in [0.1, 0.15) is 32.6 Å². The van der Waals surface area contributed by atoms with Crippen LogP contribution < -0.4 is 5.32 Å². The molecule has 7 nitrogen and oxygen atoms in total. The molecule has 0 aromatic heterocycles. The summed E-state index contributed by atoms with van der Waals surface area (Å²) < 4.78 is 0. The summed E-state index contributed by atoms with van der Waals surface area (Å²) in [7, 11) is 0. The first-order valence-corrected chi connectivity index (χ1v) is 8.17. The Morgan fingerprint density at radius 1 is 1.14 bits per heavy atom. The van der Waals surface area contributed by atoms with Crippen molar-refractivity contribution in [1.29, 1.82) is 0 Å². The predicted molar refractivity (Wildman–Crippen MR) is 80.1 cm³/mol. The molecule has 7 heteroatoms. The minimum atomic E-state index is -0.285. The molecule has 0 aromatic carbocycles. The van der Waals surface area contributed by atoms with Crippen molar-refractivity contribution in [2.45, 2.75) is 44.7 Å². The van der Waals surface area contributed by atoms with Crippen molar-refractivity contribution in [2.75, 3.05) is 32.7 Å². The van der Waals surface area contributed by atoms with Gasteiger partial charge in [-0.1, -0.05) is 0 Å². The van der Waals surface area contributed by atoms with Crippen molar-refractivity contribution >= 4 is 17.8 Å². The van der Waals surface area contributed by atoms with Gasteiger partial charge in [-0.2, -0.15) is 0 Å². The first-order valence-electron chi connectivity index (χ1n) is 8.17. The van der Waals surface area contributed by atoms with E-state index in [0.717, 1.165) is 38.8 Å². The molecule has 0 saturated carbocycles. The highest BCUT2D eigenvalue weighted by Crippen LogP contribution is 2.30. The van der Waals surface area contributed by atoms with Crippen molar-refractivity contribution < 1.29 is 14.4 Å². The van der Waals surface area contributed by atoms with Crippen LogP contribution in [0.3, 0.4) is 0 Å². The van der Waals surface area contributed by atoms with Gasteiger partial charge in [0, 0.05) is 38.6 Å². The summed E-state index contributed by atoms with van der Waals surface area (Å²) in [4.78, 5) is 41.1. The van der Waals surface area contributed by atoms with Gasteiger partial charge in [0.05, 0.1) is 6.54 Å². The molecule has 22 heavy (non-hydrogen) atoms. The third kappa shape index (κ3) is 2.82. The Morgan fingerprint density at radius 2 is 1.86 bits per heavy atom. The number of rotatable bonds is 3. The van der Waals surface area contributed by atoms with E-state index < -0.39 is 0 Å². The molecule has 3 heterocycles. The van der Waals surface area contributed by atoms with Crippen LogP contribution in [-0.4, -0.2) is 77.4 Å². The summed E-state index contributed by atoms with van der Waals surface area (Å²) >= 11 is 0. The summed E-state index contributed by atoms with van der Waals surface area (Å²) in [6.07, 6.45) is 4.12. The van der Waals surface area contributed by atoms with Gasteiger partial charge < -0.3 is 10.2 Å². The standard InChI is InChI=1S/C15H24N4O3/c1-11(20)18-8-3-5-13(18)12-4-2-7-17(12)10-14(21)19-9-6-16-15(19)22/h12-13H,2-10H2,1H3,(H,16,22)/t12-,13-/m0/s1. The van der Waals surface area contributed by atoms with E-state index in [9.17, 15) is 14.4 Å². The highest BCUT2D eigenvalue weighted by atomic mass is 16.2. The number of likely N-dealkylation sites (tertiary alicyclic amines) is 2. The normalized spacial score (nSPS) is 29.2. The maximum Gasteiger partial charge on any atom is 0.324 e. The molecule has 3 aliphatic heterocycles. The van der Waals surface area contributed by atoms with Crippen molar-refractivity contribution in [3.05, 3.63) is 0 Å². The SMILES string of the molecule is CC(=O)N1CCC[C@H]1[C@@H]1CCCN1CC(=O)N1CCNC1=O. The molecule has 0 bridgehead atoms. The lowest BCUT2D eigenvalue weighted by atomic mass is 10.0. The lowest BCUT2D eigenvalue weighted by Gasteiger charge is -2.34. The second kappa shape index (κ2) is 6.24. The molecular weight excluding hydrogens is 284 g/mol. The molecule has 4 amide bonds. The van der Waals surface area contributed by atoms with E-state index in [1.807, 2.05) is 4.90 Å². The van der Waals surface area contributed by atoms with Crippen LogP contribution >= 0.6 is 0 Å². The summed E-state index contributed by atoms with van der Waals surface area (Å²) in [5.74, 6) is -0.00568. The van der Waals surface area contributed by atoms with Crippen molar-refractivity contribution in [2.24, 2.45) is 0 Å². The van der Waals surface area contributed by atoms with Gasteiger partial charge in [-0.05, 0) is 32.2 Å². The quantitative estimate of drug-likeness (QED) is 0.797. The molecule has 1 N–H and O–H groups in total. The molecule has 0 aromatic rings. The molecule has 0 spiro atoms. The molecule has 3 fully saturated rings. The molecule has 0 aliphatic carbocycles. The second-order valence-corrected chi connectivity index (χ2v) is 6.38. The molecule has 3 rings (SSSR count). The Kier molecular flexibility index (Phi) is 4.33. The van der Waals surface area contributed by atoms with Crippen molar-refractivity contribution in [1.82, 2.24) is 20.0 Å². The largest absolute Gasteiger partial charge is 0.338 e. The third-order valence-corrected chi connectivity index (χ3v) is 5.06. The fourth-order valence-electron chi connectivity index (χ4n) is 4.04. The topological polar surface area (TPSA) is 73.0 Å². The maximum atomic E-state index is 12.3. The average molecular weight is 308 g/mol. The molecule has 3 aliphatic rings. The Bertz CT molecular complexity index is 481. The Labute approximate surface area is 130 Å². The van der Waals surface area contributed by atoms with Gasteiger partial charge in [0.15, 0.2) is 0 Å². The monoisotopic (exact) mass is 308 g/mol. The number of urea groups is 1. The van der Waals surface area contributed by atoms with E-state index in [1.165, 1.54) is 4.90 Å². The van der Waals surface area contributed by atoms with Crippen LogP contribution in [0.4, 0.5) is 4.79 Å². The number of hydrogen-bond acceptors (Lipinski definition) is 4. The van der Waals surface area contributed by atoms with Crippen LogP contribution in [0, 0.1) is 0 Å². The van der Waals surface area contributed by atoms with Crippen LogP contribution in [0.25, 0.3) is 0 Å². The number of carbonyl (C=O) groups excluding carboxylic acids is 3. The van der Waals surface area contributed by atoms with Gasteiger partial charge in [0.2, 0.25) is 11.8 Å². The minimum Gasteiger partial charge on any atom is -0.338 e. The number of amides is 4. The van der Waals surface area contributed by atoms with Gasteiger partial charge in [0.25, 0.3) is 0 Å². The fraction of sp³-hybridized carbons (Fsp3) is 0.800. The minimum absolute atomic E-state index is 0.125. The number of nitrogens with one attached hydrogen (secondary N) is 1. The number of hydrogen-bond donors (Lipinski definition) is 1. The van der Waals surface area contributed by atoms with E-state index in [1.54, 1.807) is 6.92 Å². The number of nitrogens with zero attached hydrogens (tertiary/aromatic N) is 3. The lowest BCUT2D eigenvalue weighted by molar-refractivity contribution is -0.131. The van der Waals surface area contributed by atoms with Gasteiger partial charge in [-0.15, -0.1) is 0 Å². The number of carbonyl (C=O) groups is 3. The average Bonchev–Trinajstić information content (AvgIpc) is 3.16. The van der Waals surface area contributed by atoms with Crippen LogP contribution in [-0.2, 0) is 9.59 Å². The molecule has 122 valence electrons. The smallest absolute Gasteiger partial charge is 0.324 e. The van der Waals surface area contributed by atoms with Gasteiger partial charge in [-0.25, -0.2) is 4.79 Å². The van der Waals surface area contributed by atoms with Crippen molar-refractivity contribution in [3.63, 3.8) is 0 Å². The summed E-state index contributed by atoms with van der Waals surface area (Å²) in [5, 5.41) is 2.66. The summed E-state index contributed by atoms with van der Waals surface area (Å²) in [5.41, 5.74) is 0. The van der Waals surface area contributed by atoms with Gasteiger partial charge in [-0.3, -0.25) is 19.4 Å². The summed E-state index contributed by atoms with van der Waals surface area (Å²) in [6.45, 7) is 4.59. The van der Waals surface area contributed by atoms with E-state index in [-0.39, 0.29) is 36.5 Å². The Morgan fingerprint density at radius 3 is 2.55 bits per heavy atom. The first-order chi connectivity index (χ1) is 10.6. The predicted octanol–water partition coefficient (Wildman–Crippen LogP) is 0.0135. The zero-order valence-corrected chi connectivity index (χ0v) is 13.1. The third-order valence-electron chi connectivity index (χ3n) is 5.06. The van der Waals surface area contributed by atoms with Crippen LogP contribution in [0.2, 0.25) is 0 Å². The van der Waals surface area contributed by atoms with Crippen LogP contribution in [0.15, 0.2) is 0 Å². The van der Waals surface area contributed by atoms with E-state index >= 15 is 0 Å². The van der Waals surface area contributed by atoms with Crippen LogP contribution in [0.5, 0.6) is 0 Å². The van der Waals surface area contributed by atoms with E-state index in [4.69, 9.17) is 0 Å². The number of imide groups is 1. The highest BCUT2D eigenvalue weighted by molar-refractivity contribution is 5.96. The fourth-order valence-corrected chi connectivity index (χ4v) is 4.04. The molecule has 2 atom stereocenters. The zero-order valence-electron chi connectivity index (χ0n) is 13.1. The zero-order chi connectivity index (χ0) is 15.7. The lowest BCUT2D eigenvalue weighted by Crippen LogP contribution is -2.50. The Hall–Kier alpha value is -1.63. The van der Waals surface area contributed by atoms with Gasteiger partial charge in [0.1, 0.15) is 0 Å². The molecule has 0 radical (unpaired) electrons. The summed E-state index contributed by atoms with van der Waals surface area (Å²) in [6, 6.07) is 0.188. The second-order valence-electron chi connectivity index (χ2n) is 6.38. The maximum absolute atomic E-state index is 12.3. The molecule has 0 unspecified atom stereocenters.